The van der Waals surface area contributed by atoms with Crippen molar-refractivity contribution in [3.63, 3.8) is 0 Å². The van der Waals surface area contributed by atoms with Gasteiger partial charge in [0.1, 0.15) is 0 Å². The van der Waals surface area contributed by atoms with E-state index in [0.717, 1.165) is 25.7 Å². The largest absolute Gasteiger partial charge is 0.481 e. The highest BCUT2D eigenvalue weighted by molar-refractivity contribution is 5.73. The van der Waals surface area contributed by atoms with Crippen LogP contribution in [0.1, 0.15) is 130 Å². The zero-order valence-corrected chi connectivity index (χ0v) is 16.9. The van der Waals surface area contributed by atoms with Crippen molar-refractivity contribution in [2.45, 2.75) is 130 Å². The van der Waals surface area contributed by atoms with E-state index in [0.29, 0.717) is 0 Å². The number of unbranched alkanes of at least 4 members (excludes halogenated alkanes) is 13. The molecule has 2 nitrogen and oxygen atoms in total. The summed E-state index contributed by atoms with van der Waals surface area (Å²) in [5, 5.41) is 9.37. The SMILES string of the molecule is CCCCCCCCCCCCCCCCC(C)(CCC)C(=O)O. The molecule has 0 fully saturated rings. The maximum atomic E-state index is 11.4. The van der Waals surface area contributed by atoms with Crippen LogP contribution in [0.15, 0.2) is 0 Å². The standard InChI is InChI=1S/C22H44O2/c1-4-6-7-8-9-10-11-12-13-14-15-16-17-18-20-22(3,19-5-2)21(23)24/h4-20H2,1-3H3,(H,23,24). The summed E-state index contributed by atoms with van der Waals surface area (Å²) in [5.41, 5.74) is -0.494. The van der Waals surface area contributed by atoms with E-state index < -0.39 is 11.4 Å². The predicted octanol–water partition coefficient (Wildman–Crippen LogP) is 7.75. The molecule has 1 unspecified atom stereocenters. The molecule has 0 heterocycles. The van der Waals surface area contributed by atoms with Gasteiger partial charge in [-0.2, -0.15) is 0 Å². The van der Waals surface area contributed by atoms with Crippen LogP contribution in [0, 0.1) is 5.41 Å². The number of rotatable bonds is 18. The van der Waals surface area contributed by atoms with Crippen LogP contribution in [0.4, 0.5) is 0 Å². The third-order valence-electron chi connectivity index (χ3n) is 5.40. The van der Waals surface area contributed by atoms with Crippen LogP contribution in [-0.2, 0) is 4.79 Å². The van der Waals surface area contributed by atoms with E-state index >= 15 is 0 Å². The smallest absolute Gasteiger partial charge is 0.309 e. The van der Waals surface area contributed by atoms with Crippen LogP contribution in [0.3, 0.4) is 0 Å². The van der Waals surface area contributed by atoms with E-state index in [1.54, 1.807) is 0 Å². The number of hydrogen-bond acceptors (Lipinski definition) is 1. The summed E-state index contributed by atoms with van der Waals surface area (Å²) >= 11 is 0. The molecule has 0 amide bonds. The van der Waals surface area contributed by atoms with Crippen molar-refractivity contribution >= 4 is 5.97 Å². The van der Waals surface area contributed by atoms with Gasteiger partial charge in [0, 0.05) is 0 Å². The molecule has 0 saturated carbocycles. The molecule has 1 N–H and O–H groups in total. The van der Waals surface area contributed by atoms with Gasteiger partial charge in [-0.05, 0) is 19.8 Å². The Morgan fingerprint density at radius 2 is 1.00 bits per heavy atom. The van der Waals surface area contributed by atoms with E-state index in [9.17, 15) is 9.90 Å². The average molecular weight is 341 g/mol. The van der Waals surface area contributed by atoms with E-state index in [1.807, 2.05) is 6.92 Å². The van der Waals surface area contributed by atoms with Crippen LogP contribution in [0.5, 0.6) is 0 Å². The molecule has 0 radical (unpaired) electrons. The quantitative estimate of drug-likeness (QED) is 0.259. The lowest BCUT2D eigenvalue weighted by molar-refractivity contribution is -0.148. The van der Waals surface area contributed by atoms with Crippen molar-refractivity contribution in [3.05, 3.63) is 0 Å². The fraction of sp³-hybridized carbons (Fsp3) is 0.955. The van der Waals surface area contributed by atoms with Gasteiger partial charge in [0.2, 0.25) is 0 Å². The maximum Gasteiger partial charge on any atom is 0.309 e. The van der Waals surface area contributed by atoms with Crippen LogP contribution in [-0.4, -0.2) is 11.1 Å². The summed E-state index contributed by atoms with van der Waals surface area (Å²) in [5.74, 6) is -0.612. The first kappa shape index (κ1) is 23.5. The van der Waals surface area contributed by atoms with Gasteiger partial charge in [-0.25, -0.2) is 0 Å². The molecule has 0 rings (SSSR count). The van der Waals surface area contributed by atoms with E-state index in [4.69, 9.17) is 0 Å². The first-order valence-corrected chi connectivity index (χ1v) is 10.8. The van der Waals surface area contributed by atoms with Crippen LogP contribution in [0.25, 0.3) is 0 Å². The predicted molar refractivity (Wildman–Crippen MR) is 106 cm³/mol. The number of carboxylic acids is 1. The minimum Gasteiger partial charge on any atom is -0.481 e. The molecular formula is C22H44O2. The molecule has 24 heavy (non-hydrogen) atoms. The normalized spacial score (nSPS) is 13.8. The van der Waals surface area contributed by atoms with Gasteiger partial charge in [-0.15, -0.1) is 0 Å². The summed E-state index contributed by atoms with van der Waals surface area (Å²) in [6.07, 6.45) is 21.5. The number of hydrogen-bond donors (Lipinski definition) is 1. The second-order valence-electron chi connectivity index (χ2n) is 7.96. The van der Waals surface area contributed by atoms with Gasteiger partial charge >= 0.3 is 5.97 Å². The second kappa shape index (κ2) is 16.0. The lowest BCUT2D eigenvalue weighted by Crippen LogP contribution is -2.27. The molecular weight excluding hydrogens is 296 g/mol. The van der Waals surface area contributed by atoms with Gasteiger partial charge in [0.25, 0.3) is 0 Å². The molecule has 0 spiro atoms. The van der Waals surface area contributed by atoms with Crippen molar-refractivity contribution in [2.24, 2.45) is 5.41 Å². The van der Waals surface area contributed by atoms with Crippen LogP contribution >= 0.6 is 0 Å². The van der Waals surface area contributed by atoms with Crippen molar-refractivity contribution in [1.29, 1.82) is 0 Å². The third-order valence-corrected chi connectivity index (χ3v) is 5.40. The topological polar surface area (TPSA) is 37.3 Å². The Balaban J connectivity index is 3.35. The first-order chi connectivity index (χ1) is 11.6. The summed E-state index contributed by atoms with van der Waals surface area (Å²) in [7, 11) is 0. The van der Waals surface area contributed by atoms with Gasteiger partial charge in [0.05, 0.1) is 5.41 Å². The van der Waals surface area contributed by atoms with Crippen molar-refractivity contribution < 1.29 is 9.90 Å². The lowest BCUT2D eigenvalue weighted by atomic mass is 9.80. The molecule has 0 aromatic rings. The van der Waals surface area contributed by atoms with Gasteiger partial charge in [-0.3, -0.25) is 4.79 Å². The highest BCUT2D eigenvalue weighted by Gasteiger charge is 2.31. The van der Waals surface area contributed by atoms with Crippen LogP contribution in [0.2, 0.25) is 0 Å². The molecule has 0 bridgehead atoms. The highest BCUT2D eigenvalue weighted by atomic mass is 16.4. The Bertz CT molecular complexity index is 288. The molecule has 0 saturated heterocycles. The van der Waals surface area contributed by atoms with E-state index in [-0.39, 0.29) is 0 Å². The fourth-order valence-electron chi connectivity index (χ4n) is 3.60. The average Bonchev–Trinajstić information content (AvgIpc) is 2.55. The van der Waals surface area contributed by atoms with E-state index in [1.165, 1.54) is 83.5 Å². The maximum absolute atomic E-state index is 11.4. The van der Waals surface area contributed by atoms with Gasteiger partial charge < -0.3 is 5.11 Å². The number of aliphatic carboxylic acids is 1. The Morgan fingerprint density at radius 3 is 1.33 bits per heavy atom. The summed E-state index contributed by atoms with van der Waals surface area (Å²) in [4.78, 5) is 11.4. The third kappa shape index (κ3) is 12.8. The number of carboxylic acid groups (broad SMARTS) is 1. The molecule has 0 aromatic carbocycles. The summed E-state index contributed by atoms with van der Waals surface area (Å²) in [6.45, 7) is 6.27. The monoisotopic (exact) mass is 340 g/mol. The molecule has 0 aliphatic heterocycles. The lowest BCUT2D eigenvalue weighted by Gasteiger charge is -2.24. The summed E-state index contributed by atoms with van der Waals surface area (Å²) < 4.78 is 0. The Hall–Kier alpha value is -0.530. The number of carbonyl (C=O) groups is 1. The molecule has 0 aromatic heterocycles. The molecule has 2 heteroatoms. The molecule has 0 aliphatic rings. The Labute approximate surface area is 151 Å². The molecule has 0 aliphatic carbocycles. The van der Waals surface area contributed by atoms with Gasteiger partial charge in [0.15, 0.2) is 0 Å². The zero-order valence-electron chi connectivity index (χ0n) is 16.9. The van der Waals surface area contributed by atoms with Crippen LogP contribution < -0.4 is 0 Å². The van der Waals surface area contributed by atoms with Gasteiger partial charge in [-0.1, -0.05) is 110 Å². The molecule has 1 atom stereocenters. The van der Waals surface area contributed by atoms with Crippen molar-refractivity contribution in [1.82, 2.24) is 0 Å². The van der Waals surface area contributed by atoms with Crippen molar-refractivity contribution in [3.8, 4) is 0 Å². The minimum atomic E-state index is -0.612. The first-order valence-electron chi connectivity index (χ1n) is 10.8. The minimum absolute atomic E-state index is 0.494. The zero-order chi connectivity index (χ0) is 18.1. The van der Waals surface area contributed by atoms with E-state index in [2.05, 4.69) is 13.8 Å². The fourth-order valence-corrected chi connectivity index (χ4v) is 3.60. The second-order valence-corrected chi connectivity index (χ2v) is 7.96. The Kier molecular flexibility index (Phi) is 15.6. The van der Waals surface area contributed by atoms with Crippen molar-refractivity contribution in [2.75, 3.05) is 0 Å². The highest BCUT2D eigenvalue weighted by Crippen LogP contribution is 2.30. The molecule has 144 valence electrons. The summed E-state index contributed by atoms with van der Waals surface area (Å²) in [6, 6.07) is 0. The Morgan fingerprint density at radius 1 is 0.625 bits per heavy atom.